The number of fused-ring (bicyclic) bond motifs is 2. The Labute approximate surface area is 326 Å². The van der Waals surface area contributed by atoms with Gasteiger partial charge in [-0.3, -0.25) is 29.0 Å². The van der Waals surface area contributed by atoms with E-state index in [0.29, 0.717) is 11.5 Å². The van der Waals surface area contributed by atoms with Crippen molar-refractivity contribution in [1.82, 2.24) is 30.4 Å². The SMILES string of the molecule is CO/N=C(\C(=O)N[C@@H]1C(=O)N2C(C(=O)O)=CCS[C@H]12)c1csc(N)n1.CO/N=C(\C(=O)N[C@@H]1C(=O)N2C(C(=O)[O-])=CCS[C@H]12)c1csc(N)n1.[Na+]. The van der Waals surface area contributed by atoms with E-state index in [1.165, 1.54) is 55.3 Å². The molecular weight excluding hydrogens is 764 g/mol. The molecule has 4 atom stereocenters. The number of nitrogens with zero attached hydrogens (tertiary/aromatic N) is 6. The molecule has 4 amide bonds. The minimum atomic E-state index is -1.43. The summed E-state index contributed by atoms with van der Waals surface area (Å²) in [6.07, 6.45) is 2.87. The zero-order valence-electron chi connectivity index (χ0n) is 26.6. The summed E-state index contributed by atoms with van der Waals surface area (Å²) >= 11 is 4.95. The van der Waals surface area contributed by atoms with Gasteiger partial charge in [0.25, 0.3) is 23.6 Å². The Kier molecular flexibility index (Phi) is 13.1. The molecule has 6 heterocycles. The Morgan fingerprint density at radius 3 is 1.61 bits per heavy atom. The van der Waals surface area contributed by atoms with Crippen molar-refractivity contribution in [2.75, 3.05) is 37.2 Å². The van der Waals surface area contributed by atoms with E-state index in [0.717, 1.165) is 32.5 Å². The van der Waals surface area contributed by atoms with Gasteiger partial charge in [0.15, 0.2) is 21.7 Å². The number of thioether (sulfide) groups is 2. The maximum atomic E-state index is 12.5. The number of hydrogen-bond acceptors (Lipinski definition) is 19. The van der Waals surface area contributed by atoms with Gasteiger partial charge in [0.1, 0.15) is 54.1 Å². The van der Waals surface area contributed by atoms with Crippen molar-refractivity contribution in [3.63, 3.8) is 0 Å². The number of anilines is 2. The van der Waals surface area contributed by atoms with Gasteiger partial charge in [-0.25, -0.2) is 14.8 Å². The summed E-state index contributed by atoms with van der Waals surface area (Å²) in [5, 5.41) is 35.2. The van der Waals surface area contributed by atoms with Crippen LogP contribution in [0.15, 0.2) is 44.6 Å². The first-order chi connectivity index (χ1) is 23.9. The predicted molar refractivity (Wildman–Crippen MR) is 179 cm³/mol. The maximum Gasteiger partial charge on any atom is 1.00 e. The molecule has 0 spiro atoms. The topological polar surface area (TPSA) is 297 Å². The second kappa shape index (κ2) is 16.9. The van der Waals surface area contributed by atoms with Crippen molar-refractivity contribution < 1.29 is 78.2 Å². The van der Waals surface area contributed by atoms with Crippen LogP contribution in [0.25, 0.3) is 0 Å². The van der Waals surface area contributed by atoms with Crippen LogP contribution in [-0.2, 0) is 38.4 Å². The van der Waals surface area contributed by atoms with Crippen molar-refractivity contribution in [3.05, 3.63) is 45.7 Å². The van der Waals surface area contributed by atoms with Crippen LogP contribution in [-0.4, -0.2) is 120 Å². The summed E-state index contributed by atoms with van der Waals surface area (Å²) in [5.74, 6) is -4.13. The smallest absolute Gasteiger partial charge is 0.543 e. The molecule has 0 bridgehead atoms. The quantitative estimate of drug-likeness (QED) is 0.0650. The van der Waals surface area contributed by atoms with Crippen molar-refractivity contribution in [1.29, 1.82) is 0 Å². The number of nitrogens with one attached hydrogen (secondary N) is 2. The van der Waals surface area contributed by atoms with Gasteiger partial charge in [0, 0.05) is 22.3 Å². The van der Waals surface area contributed by atoms with E-state index in [-0.39, 0.29) is 74.0 Å². The molecule has 0 radical (unpaired) electrons. The molecule has 2 fully saturated rings. The van der Waals surface area contributed by atoms with Crippen LogP contribution in [0.5, 0.6) is 0 Å². The summed E-state index contributed by atoms with van der Waals surface area (Å²) in [7, 11) is 2.55. The molecule has 25 heteroatoms. The van der Waals surface area contributed by atoms with E-state index >= 15 is 0 Å². The second-order valence-electron chi connectivity index (χ2n) is 9.92. The number of oxime groups is 2. The molecule has 7 N–H and O–H groups in total. The Hall–Kier alpha value is -4.20. The number of rotatable bonds is 10. The molecule has 264 valence electrons. The van der Waals surface area contributed by atoms with Crippen molar-refractivity contribution in [3.8, 4) is 0 Å². The summed E-state index contributed by atoms with van der Waals surface area (Å²) < 4.78 is 0. The van der Waals surface area contributed by atoms with E-state index in [1.807, 2.05) is 0 Å². The van der Waals surface area contributed by atoms with Crippen molar-refractivity contribution >= 4 is 103 Å². The molecule has 4 aliphatic rings. The standard InChI is InChI=1S/2C13H13N5O5S2.Na/c2*1-23-17-7(5-4-25-13(14)15-5)9(19)16-8-10(20)18-6(12(21)22)2-3-24-11(8)18;/h2*2,4,8,11H,3H2,1H3,(H2,14,15)(H,16,19)(H,21,22);/q;;+1/p-1/b2*17-7-;/t2*8-,11-;/m11./s1. The molecule has 0 aromatic carbocycles. The number of β-lactam (4-membered cyclic amide) rings is 2. The Bertz CT molecular complexity index is 1750. The number of nitrogen functional groups attached to an aromatic ring is 2. The average molecular weight is 789 g/mol. The second-order valence-corrected chi connectivity index (χ2v) is 14.0. The molecule has 2 aromatic heterocycles. The molecule has 2 aromatic rings. The van der Waals surface area contributed by atoms with Gasteiger partial charge in [-0.2, -0.15) is 0 Å². The molecule has 2 saturated heterocycles. The molecule has 0 aliphatic carbocycles. The minimum absolute atomic E-state index is 0. The van der Waals surface area contributed by atoms with E-state index < -0.39 is 58.4 Å². The van der Waals surface area contributed by atoms with E-state index in [9.17, 15) is 33.9 Å². The van der Waals surface area contributed by atoms with Crippen LogP contribution in [0.4, 0.5) is 10.3 Å². The fraction of sp³-hybridized carbons (Fsp3) is 0.308. The number of carboxylic acids is 2. The number of thiazole rings is 2. The summed E-state index contributed by atoms with van der Waals surface area (Å²) in [6, 6.07) is -1.72. The van der Waals surface area contributed by atoms with Crippen LogP contribution >= 0.6 is 46.2 Å². The monoisotopic (exact) mass is 788 g/mol. The van der Waals surface area contributed by atoms with Gasteiger partial charge in [-0.1, -0.05) is 10.3 Å². The maximum absolute atomic E-state index is 12.5. The van der Waals surface area contributed by atoms with Crippen molar-refractivity contribution in [2.24, 2.45) is 10.3 Å². The summed E-state index contributed by atoms with van der Waals surface area (Å²) in [4.78, 5) is 91.2. The van der Waals surface area contributed by atoms with Crippen LogP contribution in [0, 0.1) is 0 Å². The molecule has 51 heavy (non-hydrogen) atoms. The van der Waals surface area contributed by atoms with Crippen LogP contribution in [0.1, 0.15) is 11.4 Å². The van der Waals surface area contributed by atoms with Crippen molar-refractivity contribution in [2.45, 2.75) is 22.8 Å². The molecule has 0 unspecified atom stereocenters. The third-order valence-corrected chi connectivity index (χ3v) is 10.7. The first kappa shape index (κ1) is 39.6. The molecule has 20 nitrogen and oxygen atoms in total. The third-order valence-electron chi connectivity index (χ3n) is 7.02. The largest absolute Gasteiger partial charge is 1.00 e. The Morgan fingerprint density at radius 2 is 1.25 bits per heavy atom. The van der Waals surface area contributed by atoms with Crippen LogP contribution in [0.2, 0.25) is 0 Å². The zero-order chi connectivity index (χ0) is 36.3. The first-order valence-electron chi connectivity index (χ1n) is 13.9. The number of nitrogens with two attached hydrogens (primary N) is 2. The Balaban J connectivity index is 0.000000224. The zero-order valence-corrected chi connectivity index (χ0v) is 31.9. The fourth-order valence-electron chi connectivity index (χ4n) is 4.87. The fourth-order valence-corrected chi connectivity index (χ4v) is 8.36. The normalized spacial score (nSPS) is 22.2. The number of amides is 4. The minimum Gasteiger partial charge on any atom is -0.543 e. The van der Waals surface area contributed by atoms with Gasteiger partial charge in [0.2, 0.25) is 0 Å². The Morgan fingerprint density at radius 1 is 0.843 bits per heavy atom. The van der Waals surface area contributed by atoms with Gasteiger partial charge in [-0.05, 0) is 12.2 Å². The number of carbonyl (C=O) groups is 6. The van der Waals surface area contributed by atoms with Crippen LogP contribution < -0.4 is 56.8 Å². The van der Waals surface area contributed by atoms with Crippen LogP contribution in [0.3, 0.4) is 0 Å². The third kappa shape index (κ3) is 8.15. The summed E-state index contributed by atoms with van der Waals surface area (Å²) in [6.45, 7) is 0. The molecular formula is C26H25N10NaO10S4. The van der Waals surface area contributed by atoms with Gasteiger partial charge >= 0.3 is 35.5 Å². The molecule has 0 saturated carbocycles. The predicted octanol–water partition coefficient (Wildman–Crippen LogP) is -5.44. The van der Waals surface area contributed by atoms with Gasteiger partial charge in [-0.15, -0.1) is 46.2 Å². The van der Waals surface area contributed by atoms with E-state index in [2.05, 4.69) is 40.6 Å². The number of aromatic nitrogens is 2. The summed E-state index contributed by atoms with van der Waals surface area (Å²) in [5.41, 5.74) is 11.1. The average Bonchev–Trinajstić information content (AvgIpc) is 3.73. The van der Waals surface area contributed by atoms with E-state index in [1.54, 1.807) is 5.38 Å². The first-order valence-corrected chi connectivity index (χ1v) is 17.7. The van der Waals surface area contributed by atoms with E-state index in [4.69, 9.17) is 16.6 Å². The van der Waals surface area contributed by atoms with Gasteiger partial charge in [0.05, 0.1) is 11.7 Å². The molecule has 4 aliphatic heterocycles. The number of hydrogen-bond donors (Lipinski definition) is 5. The van der Waals surface area contributed by atoms with Gasteiger partial charge < -0.3 is 46.8 Å². The number of carbonyl (C=O) groups excluding carboxylic acids is 5. The number of carboxylic acid groups (broad SMARTS) is 2. The number of aliphatic carboxylic acids is 2. The molecule has 6 rings (SSSR count).